The van der Waals surface area contributed by atoms with Crippen LogP contribution in [0.15, 0.2) is 133 Å². The summed E-state index contributed by atoms with van der Waals surface area (Å²) in [5, 5.41) is 53.4. The molecule has 0 aliphatic heterocycles. The van der Waals surface area contributed by atoms with Crippen molar-refractivity contribution >= 4 is 49.2 Å². The molecule has 2 N–H and O–H groups in total. The number of allylic oxidation sites excluding steroid dienone is 2. The zero-order valence-corrected chi connectivity index (χ0v) is 65.8. The van der Waals surface area contributed by atoms with Crippen molar-refractivity contribution in [2.75, 3.05) is 13.2 Å². The first-order valence-corrected chi connectivity index (χ1v) is 34.4. The van der Waals surface area contributed by atoms with Crippen molar-refractivity contribution in [3.05, 3.63) is 189 Å². The minimum atomic E-state index is -1.99. The maximum Gasteiger partial charge on any atom is 0.218 e. The third-order valence-electron chi connectivity index (χ3n) is 19.6. The first kappa shape index (κ1) is 73.2. The summed E-state index contributed by atoms with van der Waals surface area (Å²) < 4.78 is 18.9. The largest absolute Gasteiger partial charge is 0.505 e. The topological polar surface area (TPSA) is 116 Å². The third-order valence-corrected chi connectivity index (χ3v) is 19.6. The Bertz CT molecular complexity index is 4510. The number of aromatic nitrogens is 2. The molecule has 1 aliphatic rings. The van der Waals surface area contributed by atoms with E-state index in [0.29, 0.717) is 51.2 Å². The van der Waals surface area contributed by atoms with Gasteiger partial charge in [-0.1, -0.05) is 189 Å². The van der Waals surface area contributed by atoms with Gasteiger partial charge in [-0.15, -0.1) is 0 Å². The first-order chi connectivity index (χ1) is 43.8. The van der Waals surface area contributed by atoms with Crippen LogP contribution >= 0.6 is 0 Å². The van der Waals surface area contributed by atoms with Crippen LogP contribution in [0.25, 0.3) is 66.0 Å². The Morgan fingerprint density at radius 1 is 0.500 bits per heavy atom. The Hall–Kier alpha value is -7.01. The summed E-state index contributed by atoms with van der Waals surface area (Å²) in [7, 11) is 0. The summed E-state index contributed by atoms with van der Waals surface area (Å²) in [6, 6.07) is 45.0. The summed E-state index contributed by atoms with van der Waals surface area (Å²) in [6.07, 6.45) is 6.45. The molecule has 0 fully saturated rings. The SMILES string of the molecule is Cc1cc(C#N)cc(C2=CC(C(C)(C)CC(C)(C)C)=CC(n3c4ccc(C(C)(C)C)cc4c4cc(C(C)(C)C)ccc43)C2(O)OCCCOc2c(C)cc(C#N)cc2-c2cc(C(C)(C)CC(C)(C)C)cc(-n3c4ccc(C(C)(C)C)cc4c4cc(C(C)(C)C)ccc43)c2O)c1.[Hf]. The normalized spacial score (nSPS) is 16.2. The second-order valence-electron chi connectivity index (χ2n) is 35.6. The van der Waals surface area contributed by atoms with E-state index in [2.05, 4.69) is 277 Å². The molecule has 9 aromatic rings. The van der Waals surface area contributed by atoms with E-state index in [1.54, 1.807) is 0 Å². The second kappa shape index (κ2) is 25.7. The molecule has 2 atom stereocenters. The van der Waals surface area contributed by atoms with Crippen LogP contribution in [0.2, 0.25) is 0 Å². The predicted octanol–water partition coefficient (Wildman–Crippen LogP) is 22.7. The molecule has 0 spiro atoms. The number of phenolic OH excluding ortho intramolecular Hbond substituents is 1. The molecule has 0 radical (unpaired) electrons. The Morgan fingerprint density at radius 3 is 1.41 bits per heavy atom. The molecular weight excluding hydrogens is 1340 g/mol. The molecule has 96 heavy (non-hydrogen) atoms. The molecule has 0 bridgehead atoms. The molecule has 10 rings (SSSR count). The molecule has 2 unspecified atom stereocenters. The number of hydrogen-bond acceptors (Lipinski definition) is 6. The molecule has 0 saturated heterocycles. The third kappa shape index (κ3) is 14.6. The monoisotopic (exact) mass is 1450 g/mol. The Kier molecular flexibility index (Phi) is 19.6. The van der Waals surface area contributed by atoms with Crippen molar-refractivity contribution in [1.29, 1.82) is 10.5 Å². The summed E-state index contributed by atoms with van der Waals surface area (Å²) in [4.78, 5) is 0. The van der Waals surface area contributed by atoms with E-state index >= 15 is 0 Å². The van der Waals surface area contributed by atoms with Crippen LogP contribution in [0.3, 0.4) is 0 Å². The van der Waals surface area contributed by atoms with Gasteiger partial charge in [0.2, 0.25) is 5.79 Å². The van der Waals surface area contributed by atoms with Crippen LogP contribution in [0.4, 0.5) is 0 Å². The number of fused-ring (bicyclic) bond motifs is 6. The number of benzene rings is 7. The average Bonchev–Trinajstić information content (AvgIpc) is 1.47. The fourth-order valence-electron chi connectivity index (χ4n) is 15.3. The van der Waals surface area contributed by atoms with Gasteiger partial charge in [0.1, 0.15) is 17.5 Å². The van der Waals surface area contributed by atoms with Crippen LogP contribution < -0.4 is 4.74 Å². The van der Waals surface area contributed by atoms with Gasteiger partial charge >= 0.3 is 0 Å². The smallest absolute Gasteiger partial charge is 0.218 e. The number of aromatic hydroxyl groups is 1. The molecular formula is C87H106HfN4O4. The average molecular weight is 1450 g/mol. The summed E-state index contributed by atoms with van der Waals surface area (Å²) in [6.45, 7) is 54.0. The molecule has 2 heterocycles. The Balaban J connectivity index is 0.0000108. The van der Waals surface area contributed by atoms with Crippen molar-refractivity contribution in [3.63, 3.8) is 0 Å². The molecule has 8 nitrogen and oxygen atoms in total. The van der Waals surface area contributed by atoms with Crippen molar-refractivity contribution in [1.82, 2.24) is 9.13 Å². The summed E-state index contributed by atoms with van der Waals surface area (Å²) in [5.41, 5.74) is 15.4. The quantitative estimate of drug-likeness (QED) is 0.0636. The Labute approximate surface area is 593 Å². The minimum Gasteiger partial charge on any atom is -0.505 e. The van der Waals surface area contributed by atoms with Gasteiger partial charge in [0.05, 0.1) is 53.2 Å². The van der Waals surface area contributed by atoms with Crippen molar-refractivity contribution in [2.24, 2.45) is 16.2 Å². The van der Waals surface area contributed by atoms with E-state index in [0.717, 1.165) is 78.7 Å². The minimum absolute atomic E-state index is 0. The predicted molar refractivity (Wildman–Crippen MR) is 399 cm³/mol. The number of nitriles is 2. The fraction of sp³-hybridized carbons (Fsp3) is 0.448. The Morgan fingerprint density at radius 2 is 0.948 bits per heavy atom. The van der Waals surface area contributed by atoms with E-state index in [-0.39, 0.29) is 88.1 Å². The van der Waals surface area contributed by atoms with Crippen LogP contribution in [0.5, 0.6) is 11.5 Å². The van der Waals surface area contributed by atoms with Gasteiger partial charge in [-0.3, -0.25) is 0 Å². The molecule has 502 valence electrons. The van der Waals surface area contributed by atoms with Gasteiger partial charge in [-0.25, -0.2) is 0 Å². The molecule has 2 aromatic heterocycles. The van der Waals surface area contributed by atoms with Crippen LogP contribution in [0.1, 0.15) is 233 Å². The number of rotatable bonds is 14. The standard InChI is InChI=1S/C87H106N4O4.Hf/c1-53-36-55(49-88)39-57(37-53)70-46-63(86(23,24)52-80(6,7)8)48-76(91-73-32-28-60(83(15,16)17)43-66(73)67-44-61(84(18,19)20)29-33-74(67)91)87(70,93)95-35-25-34-94-78-54(2)38-56(50-89)40-69(78)68-45-62(85(21,22)51-79(3,4)5)47-75(77(68)92)90-71-30-26-58(81(9,10)11)41-64(71)65-42-59(82(12,13)14)27-31-72(65)90;/h26-33,36-48,76,92-93H,25,34-35,51-52H2,1-24H3;. The van der Waals surface area contributed by atoms with E-state index in [1.807, 2.05) is 38.1 Å². The number of hydrogen-bond donors (Lipinski definition) is 2. The maximum absolute atomic E-state index is 14.4. The number of aliphatic hydroxyl groups is 1. The fourth-order valence-corrected chi connectivity index (χ4v) is 15.3. The van der Waals surface area contributed by atoms with Crippen LogP contribution in [-0.2, 0) is 57.7 Å². The van der Waals surface area contributed by atoms with Crippen molar-refractivity contribution < 1.29 is 45.5 Å². The number of aryl methyl sites for hydroxylation is 2. The number of nitrogens with zero attached hydrogens (tertiary/aromatic N) is 4. The van der Waals surface area contributed by atoms with Crippen molar-refractivity contribution in [2.45, 2.75) is 224 Å². The second-order valence-corrected chi connectivity index (χ2v) is 35.6. The van der Waals surface area contributed by atoms with Crippen LogP contribution in [-0.4, -0.2) is 38.3 Å². The first-order valence-electron chi connectivity index (χ1n) is 34.4. The molecule has 0 saturated carbocycles. The van der Waals surface area contributed by atoms with Gasteiger partial charge in [0, 0.05) is 81.5 Å². The van der Waals surface area contributed by atoms with E-state index in [9.17, 15) is 20.7 Å². The van der Waals surface area contributed by atoms with Crippen molar-refractivity contribution in [3.8, 4) is 40.5 Å². The molecule has 7 aromatic carbocycles. The van der Waals surface area contributed by atoms with Gasteiger partial charge < -0.3 is 28.8 Å². The summed E-state index contributed by atoms with van der Waals surface area (Å²) in [5.74, 6) is -1.36. The van der Waals surface area contributed by atoms with Gasteiger partial charge in [-0.05, 0) is 211 Å². The van der Waals surface area contributed by atoms with E-state index in [4.69, 9.17) is 9.47 Å². The van der Waals surface area contributed by atoms with Crippen LogP contribution in [0, 0.1) is 52.8 Å². The zero-order chi connectivity index (χ0) is 69.9. The zero-order valence-electron chi connectivity index (χ0n) is 62.2. The molecule has 1 aliphatic carbocycles. The van der Waals surface area contributed by atoms with E-state index in [1.165, 1.54) is 22.3 Å². The van der Waals surface area contributed by atoms with E-state index < -0.39 is 11.8 Å². The summed E-state index contributed by atoms with van der Waals surface area (Å²) >= 11 is 0. The van der Waals surface area contributed by atoms with Gasteiger partial charge in [0.25, 0.3) is 0 Å². The maximum atomic E-state index is 14.4. The van der Waals surface area contributed by atoms with Gasteiger partial charge in [-0.2, -0.15) is 10.5 Å². The molecule has 0 amide bonds. The number of phenols is 1. The van der Waals surface area contributed by atoms with Gasteiger partial charge in [0.15, 0.2) is 0 Å². The molecule has 9 heteroatoms. The number of ether oxygens (including phenoxy) is 2.